The maximum Gasteiger partial charge on any atom is 0.412 e. The number of aromatic nitrogens is 5. The Labute approximate surface area is 403 Å². The van der Waals surface area contributed by atoms with E-state index in [1.54, 1.807) is 29.5 Å². The van der Waals surface area contributed by atoms with Gasteiger partial charge in [0.15, 0.2) is 18.2 Å². The lowest BCUT2D eigenvalue weighted by Crippen LogP contribution is -2.65. The number of aliphatic hydroxyl groups is 1. The molecular weight excluding hydrogens is 893 g/mol. The quantitative estimate of drug-likeness (QED) is 0.0318. The number of esters is 1. The van der Waals surface area contributed by atoms with Crippen LogP contribution in [-0.4, -0.2) is 159 Å². The first kappa shape index (κ1) is 52.8. The second-order valence-electron chi connectivity index (χ2n) is 19.2. The maximum absolute atomic E-state index is 14.8. The lowest BCUT2D eigenvalue weighted by molar-refractivity contribution is -0.296. The molecule has 1 amide bonds. The van der Waals surface area contributed by atoms with Crippen LogP contribution < -0.4 is 27.8 Å². The zero-order valence-electron chi connectivity index (χ0n) is 41.2. The van der Waals surface area contributed by atoms with Crippen molar-refractivity contribution in [2.75, 3.05) is 52.3 Å². The summed E-state index contributed by atoms with van der Waals surface area (Å²) in [6.07, 6.45) is 0.237. The van der Waals surface area contributed by atoms with Gasteiger partial charge in [-0.2, -0.15) is 4.98 Å². The molecule has 8 N–H and O–H groups in total. The largest absolute Gasteiger partial charge is 0.455 e. The van der Waals surface area contributed by atoms with Crippen molar-refractivity contribution in [3.63, 3.8) is 0 Å². The summed E-state index contributed by atoms with van der Waals surface area (Å²) in [4.78, 5) is 65.2. The van der Waals surface area contributed by atoms with E-state index in [4.69, 9.17) is 40.6 Å². The number of hydrogen-bond acceptors (Lipinski definition) is 18. The Hall–Kier alpha value is -5.52. The van der Waals surface area contributed by atoms with Crippen LogP contribution in [0.2, 0.25) is 0 Å². The number of amides is 1. The lowest BCUT2D eigenvalue weighted by atomic mass is 9.78. The van der Waals surface area contributed by atoms with E-state index in [2.05, 4.69) is 25.9 Å². The summed E-state index contributed by atoms with van der Waals surface area (Å²) in [6, 6.07) is 6.77. The van der Waals surface area contributed by atoms with Gasteiger partial charge in [-0.15, -0.1) is 5.10 Å². The predicted molar refractivity (Wildman–Crippen MR) is 256 cm³/mol. The van der Waals surface area contributed by atoms with E-state index in [9.17, 15) is 24.3 Å². The molecule has 3 aliphatic heterocycles. The number of Topliss-reactive ketones (excluding diaryl/α,β-unsaturated/α-hetero) is 1. The Morgan fingerprint density at radius 3 is 2.51 bits per heavy atom. The highest BCUT2D eigenvalue weighted by Crippen LogP contribution is 2.43. The van der Waals surface area contributed by atoms with Crippen LogP contribution in [0, 0.1) is 23.2 Å². The number of aliphatic hydroxyl groups excluding tert-OH is 1. The van der Waals surface area contributed by atoms with Crippen LogP contribution in [0.3, 0.4) is 0 Å². The number of ether oxygens (including phenoxy) is 5. The number of fused-ring (bicyclic) bond motifs is 1. The topological polar surface area (TPSA) is 290 Å². The Morgan fingerprint density at radius 1 is 1.10 bits per heavy atom. The number of anilines is 2. The average Bonchev–Trinajstić information content (AvgIpc) is 3.91. The molecule has 3 aromatic rings. The van der Waals surface area contributed by atoms with Gasteiger partial charge in [0.25, 0.3) is 5.72 Å². The molecule has 1 aromatic carbocycles. The number of carbonyl (C=O) groups excluding carboxylic acids is 3. The van der Waals surface area contributed by atoms with E-state index in [1.807, 2.05) is 64.2 Å². The smallest absolute Gasteiger partial charge is 0.412 e. The van der Waals surface area contributed by atoms with Crippen molar-refractivity contribution >= 4 is 35.7 Å². The van der Waals surface area contributed by atoms with Crippen LogP contribution in [0.4, 0.5) is 16.3 Å². The molecular formula is C47H72N12O10. The van der Waals surface area contributed by atoms with Gasteiger partial charge in [-0.25, -0.2) is 9.59 Å². The first-order valence-corrected chi connectivity index (χ1v) is 23.8. The molecule has 6 rings (SSSR count). The number of nitrogens with two attached hydrogens (primary N) is 2. The molecule has 2 unspecified atom stereocenters. The first-order chi connectivity index (χ1) is 32.8. The third kappa shape index (κ3) is 11.4. The van der Waals surface area contributed by atoms with Gasteiger partial charge in [-0.05, 0) is 97.6 Å². The van der Waals surface area contributed by atoms with Crippen LogP contribution in [-0.2, 0) is 45.5 Å². The third-order valence-electron chi connectivity index (χ3n) is 14.0. The minimum Gasteiger partial charge on any atom is -0.455 e. The minimum absolute atomic E-state index is 0.0485. The number of benzene rings is 1. The fraction of sp³-hybridized carbons (Fsp3) is 0.660. The summed E-state index contributed by atoms with van der Waals surface area (Å²) in [5, 5.41) is 34.3. The molecule has 0 spiro atoms. The summed E-state index contributed by atoms with van der Waals surface area (Å²) < 4.78 is 35.0. The molecule has 22 nitrogen and oxygen atoms in total. The van der Waals surface area contributed by atoms with Crippen molar-refractivity contribution in [2.45, 2.75) is 140 Å². The molecule has 2 aromatic heterocycles. The van der Waals surface area contributed by atoms with Gasteiger partial charge in [0.05, 0.1) is 30.3 Å². The monoisotopic (exact) mass is 965 g/mol. The number of cyclic esters (lactones) is 1. The van der Waals surface area contributed by atoms with E-state index in [0.29, 0.717) is 50.2 Å². The normalized spacial score (nSPS) is 32.7. The molecule has 13 atom stereocenters. The van der Waals surface area contributed by atoms with E-state index in [1.165, 1.54) is 30.9 Å². The van der Waals surface area contributed by atoms with E-state index >= 15 is 0 Å². The second kappa shape index (κ2) is 22.5. The van der Waals surface area contributed by atoms with Crippen LogP contribution in [0.1, 0.15) is 73.6 Å². The number of hydrogen-bond donors (Lipinski definition) is 6. The first-order valence-electron chi connectivity index (χ1n) is 23.8. The number of nitrogen functional groups attached to an aromatic ring is 2. The van der Waals surface area contributed by atoms with Crippen molar-refractivity contribution < 1.29 is 43.2 Å². The Balaban J connectivity index is 1.35. The summed E-state index contributed by atoms with van der Waals surface area (Å²) >= 11 is 0. The van der Waals surface area contributed by atoms with Gasteiger partial charge in [0.1, 0.15) is 29.6 Å². The summed E-state index contributed by atoms with van der Waals surface area (Å²) in [5.74, 6) is -4.13. The maximum atomic E-state index is 14.8. The summed E-state index contributed by atoms with van der Waals surface area (Å²) in [5.41, 5.74) is 10.1. The van der Waals surface area contributed by atoms with Gasteiger partial charge in [-0.1, -0.05) is 38.1 Å². The molecule has 3 fully saturated rings. The number of ketones is 1. The van der Waals surface area contributed by atoms with Crippen LogP contribution in [0.15, 0.2) is 47.5 Å². The van der Waals surface area contributed by atoms with Crippen LogP contribution >= 0.6 is 0 Å². The lowest BCUT2D eigenvalue weighted by Gasteiger charge is -2.47. The zero-order chi connectivity index (χ0) is 50.4. The summed E-state index contributed by atoms with van der Waals surface area (Å²) in [7, 11) is 5.22. The molecule has 69 heavy (non-hydrogen) atoms. The number of carbonyl (C=O) groups is 3. The highest BCUT2D eigenvalue weighted by atomic mass is 16.7. The Bertz CT molecular complexity index is 2310. The molecule has 3 aliphatic rings. The number of aryl methyl sites for hydroxylation is 1. The van der Waals surface area contributed by atoms with Crippen molar-refractivity contribution in [1.29, 1.82) is 5.41 Å². The van der Waals surface area contributed by atoms with Gasteiger partial charge < -0.3 is 55.8 Å². The number of unbranched alkanes of at least 4 members (excludes halogenated alkanes) is 1. The fourth-order valence-corrected chi connectivity index (χ4v) is 10.3. The average molecular weight is 965 g/mol. The predicted octanol–water partition coefficient (Wildman–Crippen LogP) is 2.19. The Kier molecular flexibility index (Phi) is 17.2. The van der Waals surface area contributed by atoms with Crippen molar-refractivity contribution in [3.8, 4) is 11.3 Å². The number of rotatable bonds is 15. The summed E-state index contributed by atoms with van der Waals surface area (Å²) in [6.45, 7) is 11.8. The molecule has 5 heterocycles. The molecule has 0 bridgehead atoms. The van der Waals surface area contributed by atoms with Crippen molar-refractivity contribution in [3.05, 3.63) is 53.2 Å². The van der Waals surface area contributed by atoms with Gasteiger partial charge in [0.2, 0.25) is 0 Å². The number of methoxy groups -OCH3 is 1. The minimum atomic E-state index is -1.99. The van der Waals surface area contributed by atoms with E-state index < -0.39 is 89.5 Å². The highest BCUT2D eigenvalue weighted by molar-refractivity contribution is 6.00. The second-order valence-corrected chi connectivity index (χ2v) is 19.2. The third-order valence-corrected chi connectivity index (χ3v) is 14.0. The van der Waals surface area contributed by atoms with Gasteiger partial charge >= 0.3 is 17.8 Å². The Morgan fingerprint density at radius 2 is 1.84 bits per heavy atom. The number of likely N-dealkylation sites (N-methyl/N-ethyl adjacent to an activating group) is 1. The standard InChI is InChI=1S/C47H72N12O10/c1-10-36-47(59-19-16-37(50)53-44(59)63)40(58(45(64)69-47)18-12-11-17-57-25-34(54-55-57)31-14-13-15-32(49)20-31)30(5)52-23-27(2)22-46(6,65-9)41(28(3)38(60)29(4)42(62)67-36)68-43-39(61)35(56(7)8)21-33(66-43)24-51-26-48/h13-16,19-20,25-30,33,35-36,39-41,43,52,61H,10-12,17-18,21-24,49H2,1-9H3,(H2,48,51)(H2,50,53,63)/t27-,28+,29-,30-,33+,35?,36-,39?,40-,41-,43+,46-,47-/m1/s1. The molecule has 22 heteroatoms. The number of nitrogens with one attached hydrogen (secondary N) is 3. The van der Waals surface area contributed by atoms with Gasteiger partial charge in [0, 0.05) is 62.2 Å². The zero-order valence-corrected chi connectivity index (χ0v) is 41.2. The molecule has 3 saturated heterocycles. The van der Waals surface area contributed by atoms with Gasteiger partial charge in [-0.3, -0.25) is 29.1 Å². The van der Waals surface area contributed by atoms with Crippen LogP contribution in [0.25, 0.3) is 11.3 Å². The number of nitrogens with zero attached hydrogens (tertiary/aromatic N) is 7. The molecule has 0 radical (unpaired) electrons. The SMILES string of the molecule is CC[C@H]1OC(=O)[C@H](C)C(=O)[C@H](C)[C@@H](O[C@@H]2O[C@H](CNC=N)CC(N(C)C)C2O)[C@](C)(OC)C[C@@H](C)CN[C@H](C)[C@H]2N(CCCCn3cc(-c4cccc(N)c4)nn3)C(=O)O[C@]12n1ccc(N)nc1=O. The highest BCUT2D eigenvalue weighted by Gasteiger charge is 2.63. The van der Waals surface area contributed by atoms with E-state index in [0.717, 1.165) is 11.9 Å². The molecule has 380 valence electrons. The molecule has 0 aliphatic carbocycles. The van der Waals surface area contributed by atoms with Crippen LogP contribution in [0.5, 0.6) is 0 Å². The van der Waals surface area contributed by atoms with Crippen molar-refractivity contribution in [2.24, 2.45) is 17.8 Å². The fourth-order valence-electron chi connectivity index (χ4n) is 10.3. The molecule has 0 saturated carbocycles. The van der Waals surface area contributed by atoms with Crippen molar-refractivity contribution in [1.82, 2.24) is 45.0 Å². The van der Waals surface area contributed by atoms with E-state index in [-0.39, 0.29) is 37.3 Å².